The van der Waals surface area contributed by atoms with Crippen LogP contribution in [-0.2, 0) is 16.1 Å². The molecule has 1 unspecified atom stereocenters. The topological polar surface area (TPSA) is 75.6 Å². The molecular weight excluding hydrogens is 339 g/mol. The number of carboxylic acid groups (broad SMARTS) is 1. The van der Waals surface area contributed by atoms with Gasteiger partial charge in [0.2, 0.25) is 0 Å². The van der Waals surface area contributed by atoms with Crippen molar-refractivity contribution in [3.05, 3.63) is 71.0 Å². The normalized spacial score (nSPS) is 11.6. The van der Waals surface area contributed by atoms with E-state index in [9.17, 15) is 22.8 Å². The molecule has 0 aromatic heterocycles. The average molecular weight is 353 g/mol. The summed E-state index contributed by atoms with van der Waals surface area (Å²) in [6.45, 7) is -0.0905. The molecule has 2 N–H and O–H groups in total. The Morgan fingerprint density at radius 3 is 2.32 bits per heavy atom. The Labute approximate surface area is 141 Å². The van der Waals surface area contributed by atoms with E-state index in [4.69, 9.17) is 9.84 Å². The number of benzene rings is 2. The van der Waals surface area contributed by atoms with Crippen molar-refractivity contribution in [2.24, 2.45) is 0 Å². The summed E-state index contributed by atoms with van der Waals surface area (Å²) < 4.78 is 45.1. The first kappa shape index (κ1) is 18.3. The van der Waals surface area contributed by atoms with Gasteiger partial charge in [-0.25, -0.2) is 18.0 Å². The van der Waals surface area contributed by atoms with E-state index < -0.39 is 47.5 Å². The minimum Gasteiger partial charge on any atom is -0.481 e. The van der Waals surface area contributed by atoms with Crippen LogP contribution in [0.5, 0.6) is 0 Å². The third-order valence-corrected chi connectivity index (χ3v) is 3.30. The van der Waals surface area contributed by atoms with Gasteiger partial charge in [0.1, 0.15) is 12.4 Å². The predicted molar refractivity (Wildman–Crippen MR) is 81.1 cm³/mol. The van der Waals surface area contributed by atoms with Gasteiger partial charge in [0.25, 0.3) is 0 Å². The van der Waals surface area contributed by atoms with Crippen molar-refractivity contribution < 1.29 is 32.6 Å². The van der Waals surface area contributed by atoms with Crippen LogP contribution in [0.1, 0.15) is 23.6 Å². The molecule has 0 fully saturated rings. The van der Waals surface area contributed by atoms with Gasteiger partial charge in [-0.1, -0.05) is 30.3 Å². The van der Waals surface area contributed by atoms with Crippen molar-refractivity contribution in [3.63, 3.8) is 0 Å². The van der Waals surface area contributed by atoms with Gasteiger partial charge in [0, 0.05) is 11.6 Å². The second kappa shape index (κ2) is 8.18. The maximum atomic E-state index is 13.8. The lowest BCUT2D eigenvalue weighted by molar-refractivity contribution is -0.137. The van der Waals surface area contributed by atoms with Crippen LogP contribution < -0.4 is 5.32 Å². The Morgan fingerprint density at radius 2 is 1.68 bits per heavy atom. The molecule has 0 spiro atoms. The smallest absolute Gasteiger partial charge is 0.407 e. The van der Waals surface area contributed by atoms with Gasteiger partial charge in [0.15, 0.2) is 11.6 Å². The van der Waals surface area contributed by atoms with E-state index in [-0.39, 0.29) is 12.7 Å². The van der Waals surface area contributed by atoms with Crippen molar-refractivity contribution in [3.8, 4) is 0 Å². The predicted octanol–water partition coefficient (Wildman–Crippen LogP) is 3.55. The standard InChI is InChI=1S/C17H14F3NO4/c18-12-7-14(20)13(19)6-11(12)15(8-16(22)23)21-17(24)25-9-10-4-2-1-3-5-10/h1-7,15H,8-9H2,(H,21,24)(H,22,23). The van der Waals surface area contributed by atoms with Crippen molar-refractivity contribution in [1.82, 2.24) is 5.32 Å². The van der Waals surface area contributed by atoms with Crippen LogP contribution in [0.25, 0.3) is 0 Å². The van der Waals surface area contributed by atoms with Crippen LogP contribution in [0.4, 0.5) is 18.0 Å². The molecule has 0 aliphatic carbocycles. The number of hydrogen-bond donors (Lipinski definition) is 2. The first-order chi connectivity index (χ1) is 11.9. The van der Waals surface area contributed by atoms with E-state index in [1.54, 1.807) is 30.3 Å². The van der Waals surface area contributed by atoms with Crippen molar-refractivity contribution in [2.45, 2.75) is 19.1 Å². The summed E-state index contributed by atoms with van der Waals surface area (Å²) in [7, 11) is 0. The molecule has 2 aromatic rings. The Balaban J connectivity index is 2.11. The number of hydrogen-bond acceptors (Lipinski definition) is 3. The van der Waals surface area contributed by atoms with E-state index in [2.05, 4.69) is 5.32 Å². The van der Waals surface area contributed by atoms with Gasteiger partial charge >= 0.3 is 12.1 Å². The van der Waals surface area contributed by atoms with E-state index in [0.717, 1.165) is 0 Å². The number of amides is 1. The van der Waals surface area contributed by atoms with Crippen LogP contribution in [-0.4, -0.2) is 17.2 Å². The van der Waals surface area contributed by atoms with Crippen molar-refractivity contribution in [2.75, 3.05) is 0 Å². The maximum Gasteiger partial charge on any atom is 0.407 e. The summed E-state index contributed by atoms with van der Waals surface area (Å²) >= 11 is 0. The van der Waals surface area contributed by atoms with E-state index in [1.807, 2.05) is 0 Å². The van der Waals surface area contributed by atoms with Gasteiger partial charge in [-0.05, 0) is 11.6 Å². The summed E-state index contributed by atoms with van der Waals surface area (Å²) in [5.74, 6) is -5.31. The van der Waals surface area contributed by atoms with E-state index in [1.165, 1.54) is 0 Å². The zero-order valence-corrected chi connectivity index (χ0v) is 12.8. The fourth-order valence-corrected chi connectivity index (χ4v) is 2.13. The van der Waals surface area contributed by atoms with Gasteiger partial charge in [0.05, 0.1) is 12.5 Å². The molecule has 0 aliphatic rings. The third kappa shape index (κ3) is 5.23. The quantitative estimate of drug-likeness (QED) is 0.779. The zero-order chi connectivity index (χ0) is 18.4. The molecule has 0 radical (unpaired) electrons. The highest BCUT2D eigenvalue weighted by Gasteiger charge is 2.24. The lowest BCUT2D eigenvalue weighted by Crippen LogP contribution is -2.31. The van der Waals surface area contributed by atoms with Crippen LogP contribution in [0, 0.1) is 17.5 Å². The van der Waals surface area contributed by atoms with Crippen LogP contribution >= 0.6 is 0 Å². The highest BCUT2D eigenvalue weighted by Crippen LogP contribution is 2.23. The fraction of sp³-hybridized carbons (Fsp3) is 0.176. The largest absolute Gasteiger partial charge is 0.481 e. The van der Waals surface area contributed by atoms with E-state index in [0.29, 0.717) is 11.6 Å². The highest BCUT2D eigenvalue weighted by molar-refractivity contribution is 5.72. The minimum absolute atomic E-state index is 0.0905. The van der Waals surface area contributed by atoms with E-state index >= 15 is 0 Å². The molecule has 1 amide bonds. The molecule has 2 aromatic carbocycles. The highest BCUT2D eigenvalue weighted by atomic mass is 19.2. The number of carboxylic acids is 1. The summed E-state index contributed by atoms with van der Waals surface area (Å²) in [5.41, 5.74) is 0.199. The van der Waals surface area contributed by atoms with Crippen LogP contribution in [0.2, 0.25) is 0 Å². The number of ether oxygens (including phenoxy) is 1. The molecule has 8 heteroatoms. The zero-order valence-electron chi connectivity index (χ0n) is 12.8. The number of carbonyl (C=O) groups excluding carboxylic acids is 1. The Morgan fingerprint density at radius 1 is 1.04 bits per heavy atom. The van der Waals surface area contributed by atoms with Gasteiger partial charge in [-0.15, -0.1) is 0 Å². The van der Waals surface area contributed by atoms with Crippen molar-refractivity contribution in [1.29, 1.82) is 0 Å². The second-order valence-electron chi connectivity index (χ2n) is 5.14. The van der Waals surface area contributed by atoms with Crippen LogP contribution in [0.3, 0.4) is 0 Å². The molecule has 25 heavy (non-hydrogen) atoms. The summed E-state index contributed by atoms with van der Waals surface area (Å²) in [5, 5.41) is 11.0. The average Bonchev–Trinajstić information content (AvgIpc) is 2.56. The molecule has 0 aliphatic heterocycles. The van der Waals surface area contributed by atoms with Gasteiger partial charge < -0.3 is 15.2 Å². The summed E-state index contributed by atoms with van der Waals surface area (Å²) in [6, 6.07) is 8.04. The summed E-state index contributed by atoms with van der Waals surface area (Å²) in [6.07, 6.45) is -1.75. The fourth-order valence-electron chi connectivity index (χ4n) is 2.13. The molecule has 5 nitrogen and oxygen atoms in total. The maximum absolute atomic E-state index is 13.8. The monoisotopic (exact) mass is 353 g/mol. The Hall–Kier alpha value is -3.03. The number of rotatable bonds is 6. The molecule has 0 bridgehead atoms. The lowest BCUT2D eigenvalue weighted by atomic mass is 10.0. The summed E-state index contributed by atoms with van der Waals surface area (Å²) in [4.78, 5) is 22.8. The SMILES string of the molecule is O=C(O)CC(NC(=O)OCc1ccccc1)c1cc(F)c(F)cc1F. The first-order valence-corrected chi connectivity index (χ1v) is 7.20. The number of alkyl carbamates (subject to hydrolysis) is 1. The molecular formula is C17H14F3NO4. The van der Waals surface area contributed by atoms with Crippen LogP contribution in [0.15, 0.2) is 42.5 Å². The molecule has 132 valence electrons. The number of aliphatic carboxylic acids is 1. The first-order valence-electron chi connectivity index (χ1n) is 7.20. The molecule has 1 atom stereocenters. The number of nitrogens with one attached hydrogen (secondary N) is 1. The number of halogens is 3. The lowest BCUT2D eigenvalue weighted by Gasteiger charge is -2.18. The van der Waals surface area contributed by atoms with Gasteiger partial charge in [-0.2, -0.15) is 0 Å². The third-order valence-electron chi connectivity index (χ3n) is 3.30. The Bertz CT molecular complexity index is 768. The molecule has 0 saturated heterocycles. The van der Waals surface area contributed by atoms with Gasteiger partial charge in [-0.3, -0.25) is 4.79 Å². The number of carbonyl (C=O) groups is 2. The minimum atomic E-state index is -1.42. The second-order valence-corrected chi connectivity index (χ2v) is 5.14. The Kier molecular flexibility index (Phi) is 5.99. The molecule has 2 rings (SSSR count). The molecule has 0 heterocycles. The van der Waals surface area contributed by atoms with Crippen molar-refractivity contribution >= 4 is 12.1 Å². The molecule has 0 saturated carbocycles.